The van der Waals surface area contributed by atoms with Gasteiger partial charge in [0.2, 0.25) is 0 Å². The minimum absolute atomic E-state index is 0.616. The first kappa shape index (κ1) is 23.5. The van der Waals surface area contributed by atoms with E-state index in [2.05, 4.69) is 68.9 Å². The van der Waals surface area contributed by atoms with Gasteiger partial charge in [0.05, 0.1) is 0 Å². The molecule has 0 bridgehead atoms. The maximum absolute atomic E-state index is 4.85. The lowest BCUT2D eigenvalue weighted by Crippen LogP contribution is -1.88. The van der Waals surface area contributed by atoms with Gasteiger partial charge in [-0.2, -0.15) is 10.2 Å². The van der Waals surface area contributed by atoms with E-state index >= 15 is 0 Å². The van der Waals surface area contributed by atoms with E-state index in [-0.39, 0.29) is 0 Å². The van der Waals surface area contributed by atoms with Crippen LogP contribution in [0.15, 0.2) is 133 Å². The predicted molar refractivity (Wildman–Crippen MR) is 159 cm³/mol. The summed E-state index contributed by atoms with van der Waals surface area (Å²) in [6, 6.07) is 45.0. The summed E-state index contributed by atoms with van der Waals surface area (Å²) in [5.41, 5.74) is 8.23. The average Bonchev–Trinajstić information content (AvgIpc) is 3.73. The van der Waals surface area contributed by atoms with Gasteiger partial charge in [-0.25, -0.2) is 9.97 Å². The zero-order valence-corrected chi connectivity index (χ0v) is 21.5. The van der Waals surface area contributed by atoms with E-state index in [1.165, 1.54) is 0 Å². The first-order valence-corrected chi connectivity index (χ1v) is 13.1. The molecule has 0 spiro atoms. The Morgan fingerprint density at radius 3 is 1.18 bits per heavy atom. The summed E-state index contributed by atoms with van der Waals surface area (Å²) in [6.45, 7) is 0. The van der Waals surface area contributed by atoms with Gasteiger partial charge in [0.1, 0.15) is 0 Å². The summed E-state index contributed by atoms with van der Waals surface area (Å²) in [6.07, 6.45) is 0. The summed E-state index contributed by atoms with van der Waals surface area (Å²) in [5.74, 6) is 2.67. The zero-order valence-electron chi connectivity index (χ0n) is 21.5. The van der Waals surface area contributed by atoms with Gasteiger partial charge in [-0.1, -0.05) is 127 Å². The fourth-order valence-electron chi connectivity index (χ4n) is 4.94. The van der Waals surface area contributed by atoms with E-state index in [9.17, 15) is 0 Å². The third-order valence-corrected chi connectivity index (χ3v) is 6.88. The van der Waals surface area contributed by atoms with Crippen molar-refractivity contribution in [3.63, 3.8) is 0 Å². The fourth-order valence-corrected chi connectivity index (χ4v) is 4.94. The van der Waals surface area contributed by atoms with Crippen LogP contribution in [0.2, 0.25) is 0 Å². The Hall–Kier alpha value is -5.62. The molecule has 5 aromatic carbocycles. The highest BCUT2D eigenvalue weighted by Crippen LogP contribution is 2.33. The normalized spacial score (nSPS) is 11.0. The number of hydrogen-bond donors (Lipinski definition) is 2. The number of H-pyrrole nitrogens is 2. The molecule has 0 fully saturated rings. The van der Waals surface area contributed by atoms with Crippen LogP contribution in [0.25, 0.3) is 67.8 Å². The van der Waals surface area contributed by atoms with Gasteiger partial charge in [-0.3, -0.25) is 10.2 Å². The Morgan fingerprint density at radius 2 is 0.725 bits per heavy atom. The average molecular weight is 517 g/mol. The topological polar surface area (TPSA) is 83.1 Å². The van der Waals surface area contributed by atoms with Crippen molar-refractivity contribution in [1.82, 2.24) is 30.4 Å². The van der Waals surface area contributed by atoms with Crippen molar-refractivity contribution < 1.29 is 0 Å². The molecule has 0 aliphatic rings. The fraction of sp³-hybridized carbons (Fsp3) is 0. The first-order chi connectivity index (χ1) is 19.8. The zero-order chi connectivity index (χ0) is 26.7. The number of aromatic nitrogens is 6. The highest BCUT2D eigenvalue weighted by molar-refractivity contribution is 5.82. The Bertz CT molecular complexity index is 1770. The molecule has 0 radical (unpaired) electrons. The van der Waals surface area contributed by atoms with Crippen molar-refractivity contribution in [3.8, 4) is 67.8 Å². The largest absolute Gasteiger partial charge is 0.259 e. The minimum Gasteiger partial charge on any atom is -0.259 e. The van der Waals surface area contributed by atoms with Crippen molar-refractivity contribution in [2.24, 2.45) is 0 Å². The third-order valence-electron chi connectivity index (χ3n) is 6.88. The molecule has 40 heavy (non-hydrogen) atoms. The molecule has 190 valence electrons. The van der Waals surface area contributed by atoms with Gasteiger partial charge in [-0.05, 0) is 28.3 Å². The van der Waals surface area contributed by atoms with Crippen molar-refractivity contribution in [1.29, 1.82) is 0 Å². The molecular formula is C34H24N6. The molecular weight excluding hydrogens is 492 g/mol. The monoisotopic (exact) mass is 516 g/mol. The van der Waals surface area contributed by atoms with Gasteiger partial charge >= 0.3 is 0 Å². The summed E-state index contributed by atoms with van der Waals surface area (Å²) in [7, 11) is 0. The smallest absolute Gasteiger partial charge is 0.181 e. The van der Waals surface area contributed by atoms with Crippen molar-refractivity contribution in [2.75, 3.05) is 0 Å². The number of rotatable bonds is 6. The molecule has 0 amide bonds. The van der Waals surface area contributed by atoms with Crippen LogP contribution >= 0.6 is 0 Å². The molecule has 2 N–H and O–H groups in total. The molecule has 7 rings (SSSR count). The van der Waals surface area contributed by atoms with Gasteiger partial charge in [0.25, 0.3) is 0 Å². The van der Waals surface area contributed by atoms with Crippen LogP contribution in [0.5, 0.6) is 0 Å². The van der Waals surface area contributed by atoms with Crippen molar-refractivity contribution in [2.45, 2.75) is 0 Å². The number of hydrogen-bond acceptors (Lipinski definition) is 4. The molecule has 0 aliphatic heterocycles. The Balaban J connectivity index is 1.20. The van der Waals surface area contributed by atoms with Crippen LogP contribution in [-0.4, -0.2) is 30.4 Å². The second-order valence-corrected chi connectivity index (χ2v) is 9.42. The van der Waals surface area contributed by atoms with Gasteiger partial charge in [0, 0.05) is 22.3 Å². The molecule has 6 heteroatoms. The lowest BCUT2D eigenvalue weighted by molar-refractivity contribution is 1.10. The molecule has 2 aromatic heterocycles. The van der Waals surface area contributed by atoms with Gasteiger partial charge in [-0.15, -0.1) is 0 Å². The highest BCUT2D eigenvalue weighted by atomic mass is 15.2. The van der Waals surface area contributed by atoms with Crippen LogP contribution in [0.1, 0.15) is 0 Å². The number of benzene rings is 5. The standard InChI is InChI=1S/C34H24N6/c1-3-12-23(13-4-1)27-18-7-9-20-29(27)33-35-31(37-39-33)25-16-11-17-26(22-25)32-36-34(40-38-32)30-21-10-8-19-28(30)24-14-5-2-6-15-24/h1-22H,(H,35,37,39)(H,36,38,40). The predicted octanol–water partition coefficient (Wildman–Crippen LogP) is 7.92. The molecule has 0 aliphatic carbocycles. The molecule has 7 aromatic rings. The van der Waals surface area contributed by atoms with Gasteiger partial charge in [0.15, 0.2) is 23.3 Å². The van der Waals surface area contributed by atoms with Crippen LogP contribution < -0.4 is 0 Å². The van der Waals surface area contributed by atoms with Crippen LogP contribution in [-0.2, 0) is 0 Å². The highest BCUT2D eigenvalue weighted by Gasteiger charge is 2.15. The summed E-state index contributed by atoms with van der Waals surface area (Å²) >= 11 is 0. The van der Waals surface area contributed by atoms with Crippen LogP contribution in [0.4, 0.5) is 0 Å². The minimum atomic E-state index is 0.616. The summed E-state index contributed by atoms with van der Waals surface area (Å²) < 4.78 is 0. The van der Waals surface area contributed by atoms with Crippen molar-refractivity contribution in [3.05, 3.63) is 133 Å². The SMILES string of the molecule is c1ccc(-c2ccccc2-c2nc(-c3cccc(-c4n[nH]c(-c5ccccc5-c5ccccc5)n4)c3)n[nH]2)cc1. The van der Waals surface area contributed by atoms with E-state index in [4.69, 9.17) is 9.97 Å². The maximum atomic E-state index is 4.85. The summed E-state index contributed by atoms with van der Waals surface area (Å²) in [5, 5.41) is 15.4. The molecule has 6 nitrogen and oxygen atoms in total. The number of nitrogens with one attached hydrogen (secondary N) is 2. The number of nitrogens with zero attached hydrogens (tertiary/aromatic N) is 4. The Kier molecular flexibility index (Phi) is 6.03. The van der Waals surface area contributed by atoms with Gasteiger partial charge < -0.3 is 0 Å². The van der Waals surface area contributed by atoms with Crippen LogP contribution in [0, 0.1) is 0 Å². The maximum Gasteiger partial charge on any atom is 0.181 e. The first-order valence-electron chi connectivity index (χ1n) is 13.1. The quantitative estimate of drug-likeness (QED) is 0.235. The lowest BCUT2D eigenvalue weighted by atomic mass is 9.99. The second-order valence-electron chi connectivity index (χ2n) is 9.42. The molecule has 0 saturated carbocycles. The molecule has 0 unspecified atom stereocenters. The van der Waals surface area contributed by atoms with E-state index in [1.54, 1.807) is 0 Å². The Morgan fingerprint density at radius 1 is 0.350 bits per heavy atom. The third kappa shape index (κ3) is 4.48. The molecule has 0 atom stereocenters. The molecule has 0 saturated heterocycles. The Labute approximate surface area is 231 Å². The van der Waals surface area contributed by atoms with E-state index in [0.29, 0.717) is 11.6 Å². The number of aromatic amines is 2. The second kappa shape index (κ2) is 10.3. The van der Waals surface area contributed by atoms with Crippen molar-refractivity contribution >= 4 is 0 Å². The van der Waals surface area contributed by atoms with E-state index < -0.39 is 0 Å². The van der Waals surface area contributed by atoms with Crippen LogP contribution in [0.3, 0.4) is 0 Å². The summed E-state index contributed by atoms with van der Waals surface area (Å²) in [4.78, 5) is 9.71. The van der Waals surface area contributed by atoms with E-state index in [1.807, 2.05) is 84.9 Å². The molecule has 2 heterocycles. The lowest BCUT2D eigenvalue weighted by Gasteiger charge is -2.07. The van der Waals surface area contributed by atoms with E-state index in [0.717, 1.165) is 56.2 Å².